The van der Waals surface area contributed by atoms with Crippen LogP contribution in [0.4, 0.5) is 15.8 Å². The van der Waals surface area contributed by atoms with Crippen LogP contribution in [0.15, 0.2) is 78.9 Å². The number of rotatable bonds is 6. The molecule has 0 bridgehead atoms. The van der Waals surface area contributed by atoms with Crippen molar-refractivity contribution in [2.45, 2.75) is 0 Å². The Morgan fingerprint density at radius 3 is 2.32 bits per heavy atom. The van der Waals surface area contributed by atoms with Gasteiger partial charge in [-0.25, -0.2) is 9.07 Å². The Morgan fingerprint density at radius 2 is 1.65 bits per heavy atom. The maximum Gasteiger partial charge on any atom is 0.272 e. The summed E-state index contributed by atoms with van der Waals surface area (Å²) in [6, 6.07) is 21.3. The molecule has 0 unspecified atom stereocenters. The van der Waals surface area contributed by atoms with Crippen LogP contribution >= 0.6 is 0 Å². The van der Waals surface area contributed by atoms with E-state index >= 15 is 0 Å². The van der Waals surface area contributed by atoms with Crippen molar-refractivity contribution >= 4 is 17.3 Å². The van der Waals surface area contributed by atoms with E-state index in [2.05, 4.69) is 10.00 Å². The van der Waals surface area contributed by atoms with Crippen LogP contribution in [0, 0.1) is 15.9 Å². The molecule has 5 rings (SSSR count). The molecule has 1 amide bonds. The van der Waals surface area contributed by atoms with Gasteiger partial charge in [0.15, 0.2) is 0 Å². The second-order valence-corrected chi connectivity index (χ2v) is 8.53. The zero-order chi connectivity index (χ0) is 25.9. The Balaban J connectivity index is 1.45. The molecule has 4 aromatic rings. The number of ether oxygens (including phenoxy) is 1. The van der Waals surface area contributed by atoms with Crippen molar-refractivity contribution in [3.8, 4) is 22.7 Å². The van der Waals surface area contributed by atoms with E-state index in [0.717, 1.165) is 11.4 Å². The van der Waals surface area contributed by atoms with Gasteiger partial charge in [-0.3, -0.25) is 14.9 Å². The van der Waals surface area contributed by atoms with Crippen molar-refractivity contribution in [1.82, 2.24) is 14.7 Å². The number of piperazine rings is 1. The summed E-state index contributed by atoms with van der Waals surface area (Å²) in [5.74, 6) is 0.0569. The quantitative estimate of drug-likeness (QED) is 0.284. The van der Waals surface area contributed by atoms with Gasteiger partial charge in [-0.2, -0.15) is 5.10 Å². The van der Waals surface area contributed by atoms with Crippen LogP contribution in [-0.4, -0.2) is 58.8 Å². The van der Waals surface area contributed by atoms with E-state index in [1.807, 2.05) is 24.3 Å². The molecule has 1 saturated heterocycles. The molecular formula is C27H24FN5O4. The molecule has 37 heavy (non-hydrogen) atoms. The fraction of sp³-hybridized carbons (Fsp3) is 0.185. The Hall–Kier alpha value is -4.73. The summed E-state index contributed by atoms with van der Waals surface area (Å²) < 4.78 is 21.4. The summed E-state index contributed by atoms with van der Waals surface area (Å²) in [5.41, 5.74) is 2.16. The Morgan fingerprint density at radius 1 is 0.973 bits per heavy atom. The lowest BCUT2D eigenvalue weighted by atomic mass is 10.1. The lowest BCUT2D eigenvalue weighted by Crippen LogP contribution is -2.49. The number of carbonyl (C=O) groups is 1. The summed E-state index contributed by atoms with van der Waals surface area (Å²) in [6.07, 6.45) is 0. The van der Waals surface area contributed by atoms with Crippen LogP contribution < -0.4 is 9.64 Å². The maximum atomic E-state index is 14.5. The highest BCUT2D eigenvalue weighted by molar-refractivity contribution is 5.94. The number of hydrogen-bond acceptors (Lipinski definition) is 6. The number of carbonyl (C=O) groups excluding carboxylic acids is 1. The van der Waals surface area contributed by atoms with Gasteiger partial charge in [0.05, 0.1) is 29.1 Å². The zero-order valence-electron chi connectivity index (χ0n) is 20.1. The number of halogens is 1. The molecule has 0 aliphatic carbocycles. The lowest BCUT2D eigenvalue weighted by molar-refractivity contribution is -0.384. The summed E-state index contributed by atoms with van der Waals surface area (Å²) in [5, 5.41) is 15.6. The summed E-state index contributed by atoms with van der Waals surface area (Å²) in [4.78, 5) is 28.2. The number of methoxy groups -OCH3 is 1. The minimum Gasteiger partial charge on any atom is -0.495 e. The average molecular weight is 502 g/mol. The fourth-order valence-electron chi connectivity index (χ4n) is 4.45. The highest BCUT2D eigenvalue weighted by Crippen LogP contribution is 2.30. The molecule has 188 valence electrons. The second kappa shape index (κ2) is 10.1. The number of hydrogen-bond donors (Lipinski definition) is 0. The van der Waals surface area contributed by atoms with Gasteiger partial charge in [0.1, 0.15) is 17.3 Å². The van der Waals surface area contributed by atoms with Crippen molar-refractivity contribution < 1.29 is 18.8 Å². The lowest BCUT2D eigenvalue weighted by Gasteiger charge is -2.36. The van der Waals surface area contributed by atoms with Crippen molar-refractivity contribution in [2.24, 2.45) is 0 Å². The molecule has 0 saturated carbocycles. The normalized spacial score (nSPS) is 13.5. The Kier molecular flexibility index (Phi) is 6.55. The molecule has 3 aromatic carbocycles. The van der Waals surface area contributed by atoms with Crippen LogP contribution in [0.25, 0.3) is 16.9 Å². The van der Waals surface area contributed by atoms with E-state index < -0.39 is 10.7 Å². The molecule has 1 fully saturated rings. The monoisotopic (exact) mass is 501 g/mol. The minimum atomic E-state index is -0.495. The van der Waals surface area contributed by atoms with Crippen LogP contribution in [-0.2, 0) is 0 Å². The highest BCUT2D eigenvalue weighted by Gasteiger charge is 2.27. The van der Waals surface area contributed by atoms with Gasteiger partial charge in [-0.15, -0.1) is 0 Å². The van der Waals surface area contributed by atoms with Crippen molar-refractivity contribution in [2.75, 3.05) is 38.2 Å². The summed E-state index contributed by atoms with van der Waals surface area (Å²) in [6.45, 7) is 2.16. The van der Waals surface area contributed by atoms with E-state index in [4.69, 9.17) is 4.74 Å². The number of anilines is 1. The first-order chi connectivity index (χ1) is 18.0. The van der Waals surface area contributed by atoms with Crippen LogP contribution in [0.1, 0.15) is 10.5 Å². The number of benzene rings is 3. The first-order valence-corrected chi connectivity index (χ1v) is 11.7. The predicted octanol–water partition coefficient (Wildman–Crippen LogP) is 4.56. The predicted molar refractivity (Wildman–Crippen MR) is 137 cm³/mol. The van der Waals surface area contributed by atoms with Crippen LogP contribution in [0.2, 0.25) is 0 Å². The number of amides is 1. The van der Waals surface area contributed by atoms with E-state index in [1.165, 1.54) is 35.0 Å². The molecule has 1 aromatic heterocycles. The molecule has 0 atom stereocenters. The molecule has 2 heterocycles. The highest BCUT2D eigenvalue weighted by atomic mass is 19.1. The molecule has 9 nitrogen and oxygen atoms in total. The van der Waals surface area contributed by atoms with Gasteiger partial charge in [0, 0.05) is 43.9 Å². The van der Waals surface area contributed by atoms with E-state index in [9.17, 15) is 19.3 Å². The number of nitro groups is 1. The van der Waals surface area contributed by atoms with Gasteiger partial charge in [-0.05, 0) is 42.5 Å². The third-order valence-corrected chi connectivity index (χ3v) is 6.38. The first-order valence-electron chi connectivity index (χ1n) is 11.7. The molecular weight excluding hydrogens is 477 g/mol. The summed E-state index contributed by atoms with van der Waals surface area (Å²) >= 11 is 0. The van der Waals surface area contributed by atoms with Gasteiger partial charge in [0.25, 0.3) is 11.6 Å². The number of non-ortho nitro benzene ring substituents is 1. The molecule has 0 N–H and O–H groups in total. The minimum absolute atomic E-state index is 0.0782. The van der Waals surface area contributed by atoms with Gasteiger partial charge in [-0.1, -0.05) is 24.3 Å². The summed E-state index contributed by atoms with van der Waals surface area (Å²) in [7, 11) is 1.63. The second-order valence-electron chi connectivity index (χ2n) is 8.53. The van der Waals surface area contributed by atoms with Crippen molar-refractivity contribution in [3.63, 3.8) is 0 Å². The van der Waals surface area contributed by atoms with E-state index in [0.29, 0.717) is 37.6 Å². The SMILES string of the molecule is COc1ccccc1N1CCN(C(=O)c2cc(-c3ccccc3F)nn2-c2ccc([N+](=O)[O-])cc2)CC1. The molecule has 1 aliphatic rings. The average Bonchev–Trinajstić information content (AvgIpc) is 3.38. The maximum absolute atomic E-state index is 14.5. The Labute approximate surface area is 212 Å². The fourth-order valence-corrected chi connectivity index (χ4v) is 4.45. The number of nitro benzene ring substituents is 1. The van der Waals surface area contributed by atoms with Crippen LogP contribution in [0.3, 0.4) is 0 Å². The Bertz CT molecular complexity index is 1450. The number of para-hydroxylation sites is 2. The topological polar surface area (TPSA) is 93.7 Å². The zero-order valence-corrected chi connectivity index (χ0v) is 20.1. The van der Waals surface area contributed by atoms with Crippen molar-refractivity contribution in [3.05, 3.63) is 100 Å². The third-order valence-electron chi connectivity index (χ3n) is 6.38. The standard InChI is InChI=1S/C27H24FN5O4/c1-37-26-9-5-4-8-24(26)30-14-16-31(17-15-30)27(34)25-18-23(21-6-2-3-7-22(21)28)29-32(25)19-10-12-20(13-11-19)33(35)36/h2-13,18H,14-17H2,1H3. The van der Waals surface area contributed by atoms with Gasteiger partial charge < -0.3 is 14.5 Å². The smallest absolute Gasteiger partial charge is 0.272 e. The molecule has 0 radical (unpaired) electrons. The van der Waals surface area contributed by atoms with Gasteiger partial charge >= 0.3 is 0 Å². The van der Waals surface area contributed by atoms with Crippen LogP contribution in [0.5, 0.6) is 5.75 Å². The van der Waals surface area contributed by atoms with E-state index in [-0.39, 0.29) is 22.9 Å². The van der Waals surface area contributed by atoms with E-state index in [1.54, 1.807) is 36.3 Å². The molecule has 0 spiro atoms. The molecule has 10 heteroatoms. The number of nitrogens with zero attached hydrogens (tertiary/aromatic N) is 5. The number of aromatic nitrogens is 2. The third kappa shape index (κ3) is 4.73. The first kappa shape index (κ1) is 24.0. The largest absolute Gasteiger partial charge is 0.495 e. The van der Waals surface area contributed by atoms with Gasteiger partial charge in [0.2, 0.25) is 0 Å². The van der Waals surface area contributed by atoms with Crippen molar-refractivity contribution in [1.29, 1.82) is 0 Å². The molecule has 1 aliphatic heterocycles.